The van der Waals surface area contributed by atoms with E-state index in [1.165, 1.54) is 205 Å². The molecule has 3 N–H and O–H groups in total. The van der Waals surface area contributed by atoms with Gasteiger partial charge in [0.15, 0.2) is 12.2 Å². The van der Waals surface area contributed by atoms with Crippen LogP contribution in [0, 0.1) is 5.92 Å². The Kier molecular flexibility index (Phi) is 64.9. The number of aliphatic hydroxyl groups excluding tert-OH is 1. The molecule has 0 aliphatic rings. The summed E-state index contributed by atoms with van der Waals surface area (Å²) in [5.41, 5.74) is 0. The van der Waals surface area contributed by atoms with Crippen molar-refractivity contribution in [3.8, 4) is 0 Å². The Bertz CT molecular complexity index is 1770. The molecule has 17 nitrogen and oxygen atoms in total. The lowest BCUT2D eigenvalue weighted by Gasteiger charge is -2.21. The van der Waals surface area contributed by atoms with Crippen molar-refractivity contribution in [2.24, 2.45) is 5.92 Å². The van der Waals surface area contributed by atoms with E-state index in [4.69, 9.17) is 37.0 Å². The summed E-state index contributed by atoms with van der Waals surface area (Å²) in [5, 5.41) is 10.6. The minimum Gasteiger partial charge on any atom is -0.462 e. The number of rotatable bonds is 73. The van der Waals surface area contributed by atoms with Gasteiger partial charge in [-0.3, -0.25) is 37.3 Å². The van der Waals surface area contributed by atoms with Crippen molar-refractivity contribution in [2.45, 2.75) is 400 Å². The van der Waals surface area contributed by atoms with Gasteiger partial charge in [0.2, 0.25) is 0 Å². The van der Waals surface area contributed by atoms with Gasteiger partial charge in [-0.2, -0.15) is 0 Å². The van der Waals surface area contributed by atoms with E-state index in [0.29, 0.717) is 25.7 Å². The maximum Gasteiger partial charge on any atom is 0.472 e. The van der Waals surface area contributed by atoms with Gasteiger partial charge < -0.3 is 33.8 Å². The van der Waals surface area contributed by atoms with Gasteiger partial charge >= 0.3 is 39.5 Å². The van der Waals surface area contributed by atoms with Crippen LogP contribution in [0.4, 0.5) is 0 Å². The largest absolute Gasteiger partial charge is 0.472 e. The van der Waals surface area contributed by atoms with Crippen LogP contribution < -0.4 is 0 Å². The quantitative estimate of drug-likeness (QED) is 0.0222. The molecule has 0 spiro atoms. The molecule has 0 amide bonds. The second kappa shape index (κ2) is 66.3. The molecule has 0 saturated heterocycles. The van der Waals surface area contributed by atoms with Gasteiger partial charge in [-0.05, 0) is 31.6 Å². The van der Waals surface area contributed by atoms with E-state index in [-0.39, 0.29) is 25.7 Å². The first kappa shape index (κ1) is 90.1. The molecular weight excluding hydrogens is 1210 g/mol. The van der Waals surface area contributed by atoms with Crippen LogP contribution in [-0.2, 0) is 65.4 Å². The van der Waals surface area contributed by atoms with Crippen LogP contribution in [0.5, 0.6) is 0 Å². The lowest BCUT2D eigenvalue weighted by molar-refractivity contribution is -0.161. The van der Waals surface area contributed by atoms with E-state index in [1.54, 1.807) is 0 Å². The van der Waals surface area contributed by atoms with Crippen molar-refractivity contribution in [2.75, 3.05) is 39.6 Å². The first-order valence-electron chi connectivity index (χ1n) is 38.2. The fourth-order valence-electron chi connectivity index (χ4n) is 11.1. The van der Waals surface area contributed by atoms with Gasteiger partial charge in [0.25, 0.3) is 0 Å². The monoisotopic (exact) mass is 1350 g/mol. The van der Waals surface area contributed by atoms with Crippen molar-refractivity contribution in [1.29, 1.82) is 0 Å². The van der Waals surface area contributed by atoms with Gasteiger partial charge in [-0.1, -0.05) is 330 Å². The number of unbranched alkanes of at least 4 members (excludes halogenated alkanes) is 44. The number of hydrogen-bond acceptors (Lipinski definition) is 15. The summed E-state index contributed by atoms with van der Waals surface area (Å²) >= 11 is 0. The third-order valence-electron chi connectivity index (χ3n) is 17.4. The highest BCUT2D eigenvalue weighted by atomic mass is 31.2. The van der Waals surface area contributed by atoms with Crippen LogP contribution in [0.2, 0.25) is 0 Å². The Morgan fingerprint density at radius 3 is 0.772 bits per heavy atom. The number of esters is 4. The highest BCUT2D eigenvalue weighted by Crippen LogP contribution is 2.45. The molecule has 19 heteroatoms. The number of aliphatic hydroxyl groups is 1. The van der Waals surface area contributed by atoms with E-state index in [1.807, 2.05) is 0 Å². The first-order chi connectivity index (χ1) is 44.6. The highest BCUT2D eigenvalue weighted by Gasteiger charge is 2.30. The maximum absolute atomic E-state index is 13.1. The topological polar surface area (TPSA) is 237 Å². The van der Waals surface area contributed by atoms with E-state index in [0.717, 1.165) is 95.8 Å². The fourth-order valence-corrected chi connectivity index (χ4v) is 12.7. The summed E-state index contributed by atoms with van der Waals surface area (Å²) in [4.78, 5) is 72.7. The summed E-state index contributed by atoms with van der Waals surface area (Å²) in [6.07, 6.45) is 53.9. The molecule has 546 valence electrons. The SMILES string of the molecule is CCCCCCCCCCCCCCCCCCCC(=O)O[C@H](COC(=O)CCCCCCCCCCC(C)CC)COP(=O)(O)OC[C@@H](O)COP(=O)(O)OC[C@@H](COC(=O)CCCCCCCCCCCCC)OC(=O)CCCCCCCCCCCCCC. The molecular formula is C73H142O17P2. The van der Waals surface area contributed by atoms with Crippen LogP contribution in [0.15, 0.2) is 0 Å². The fraction of sp³-hybridized carbons (Fsp3) is 0.945. The van der Waals surface area contributed by atoms with Crippen molar-refractivity contribution in [1.82, 2.24) is 0 Å². The minimum absolute atomic E-state index is 0.108. The molecule has 0 aliphatic heterocycles. The lowest BCUT2D eigenvalue weighted by Crippen LogP contribution is -2.30. The van der Waals surface area contributed by atoms with Crippen LogP contribution in [0.25, 0.3) is 0 Å². The molecule has 0 rings (SSSR count). The van der Waals surface area contributed by atoms with Gasteiger partial charge in [0, 0.05) is 25.7 Å². The number of hydrogen-bond donors (Lipinski definition) is 3. The molecule has 3 unspecified atom stereocenters. The highest BCUT2D eigenvalue weighted by molar-refractivity contribution is 7.47. The summed E-state index contributed by atoms with van der Waals surface area (Å²) < 4.78 is 68.4. The average molecular weight is 1350 g/mol. The predicted octanol–water partition coefficient (Wildman–Crippen LogP) is 21.3. The summed E-state index contributed by atoms with van der Waals surface area (Å²) in [5.74, 6) is -1.34. The third kappa shape index (κ3) is 65.4. The summed E-state index contributed by atoms with van der Waals surface area (Å²) in [6, 6.07) is 0. The van der Waals surface area contributed by atoms with Gasteiger partial charge in [0.05, 0.1) is 26.4 Å². The maximum atomic E-state index is 13.1. The average Bonchev–Trinajstić information content (AvgIpc) is 2.00. The molecule has 0 bridgehead atoms. The minimum atomic E-state index is -4.95. The molecule has 92 heavy (non-hydrogen) atoms. The van der Waals surface area contributed by atoms with Crippen molar-refractivity contribution in [3.05, 3.63) is 0 Å². The van der Waals surface area contributed by atoms with Gasteiger partial charge in [0.1, 0.15) is 19.3 Å². The molecule has 0 aromatic heterocycles. The summed E-state index contributed by atoms with van der Waals surface area (Å²) in [6.45, 7) is 7.27. The normalized spacial score (nSPS) is 14.3. The van der Waals surface area contributed by atoms with Crippen LogP contribution >= 0.6 is 15.6 Å². The van der Waals surface area contributed by atoms with Gasteiger partial charge in [-0.15, -0.1) is 0 Å². The second-order valence-corrected chi connectivity index (χ2v) is 29.5. The van der Waals surface area contributed by atoms with Crippen LogP contribution in [0.1, 0.15) is 381 Å². The zero-order valence-corrected chi connectivity index (χ0v) is 61.5. The number of ether oxygens (including phenoxy) is 4. The Labute approximate surface area is 562 Å². The number of phosphoric ester groups is 2. The summed E-state index contributed by atoms with van der Waals surface area (Å²) in [7, 11) is -9.90. The van der Waals surface area contributed by atoms with Crippen molar-refractivity contribution >= 4 is 39.5 Å². The van der Waals surface area contributed by atoms with E-state index in [9.17, 15) is 43.2 Å². The number of carbonyl (C=O) groups is 4. The number of phosphoric acid groups is 2. The van der Waals surface area contributed by atoms with Crippen LogP contribution in [0.3, 0.4) is 0 Å². The molecule has 0 aliphatic carbocycles. The Morgan fingerprint density at radius 2 is 0.522 bits per heavy atom. The molecule has 0 aromatic carbocycles. The second-order valence-electron chi connectivity index (χ2n) is 26.6. The van der Waals surface area contributed by atoms with E-state index in [2.05, 4.69) is 34.6 Å². The first-order valence-corrected chi connectivity index (χ1v) is 41.2. The van der Waals surface area contributed by atoms with Crippen LogP contribution in [-0.4, -0.2) is 96.7 Å². The Balaban J connectivity index is 5.24. The standard InChI is InChI=1S/C73H142O17P2/c1-6-10-13-16-19-22-25-27-28-29-30-31-34-37-44-49-54-59-73(78)90-69(63-84-71(76)57-52-47-42-39-38-40-45-50-55-66(5)9-4)65-88-92(81,82)86-61-67(74)60-85-91(79,80)87-64-68(62-83-70(75)56-51-46-41-35-32-24-21-18-15-12-8-3)89-72(77)58-53-48-43-36-33-26-23-20-17-14-11-7-2/h66-69,74H,6-65H2,1-5H3,(H,79,80)(H,81,82)/t66?,67-,68+,69+/m0/s1. The lowest BCUT2D eigenvalue weighted by atomic mass is 9.99. The zero-order valence-electron chi connectivity index (χ0n) is 59.7. The molecule has 0 radical (unpaired) electrons. The third-order valence-corrected chi connectivity index (χ3v) is 19.3. The molecule has 0 fully saturated rings. The Morgan fingerprint density at radius 1 is 0.304 bits per heavy atom. The van der Waals surface area contributed by atoms with E-state index >= 15 is 0 Å². The molecule has 0 aromatic rings. The van der Waals surface area contributed by atoms with E-state index < -0.39 is 97.5 Å². The Hall–Kier alpha value is -1.94. The van der Waals surface area contributed by atoms with Gasteiger partial charge in [-0.25, -0.2) is 9.13 Å². The molecule has 0 saturated carbocycles. The number of carbonyl (C=O) groups excluding carboxylic acids is 4. The predicted molar refractivity (Wildman–Crippen MR) is 372 cm³/mol. The molecule has 6 atom stereocenters. The van der Waals surface area contributed by atoms with Crippen molar-refractivity contribution < 1.29 is 80.2 Å². The zero-order chi connectivity index (χ0) is 67.7. The molecule has 0 heterocycles. The smallest absolute Gasteiger partial charge is 0.462 e. The van der Waals surface area contributed by atoms with Crippen molar-refractivity contribution in [3.63, 3.8) is 0 Å².